The number of thiazole rings is 1. The average molecular weight is 410 g/mol. The second-order valence-corrected chi connectivity index (χ2v) is 8.74. The van der Waals surface area contributed by atoms with Crippen LogP contribution in [0.4, 0.5) is 10.8 Å². The highest BCUT2D eigenvalue weighted by atomic mass is 32.2. The van der Waals surface area contributed by atoms with Gasteiger partial charge in [-0.15, -0.1) is 23.1 Å². The summed E-state index contributed by atoms with van der Waals surface area (Å²) in [5.41, 5.74) is 4.30. The summed E-state index contributed by atoms with van der Waals surface area (Å²) in [6.45, 7) is 3.98. The number of nitrogens with one attached hydrogen (secondary N) is 2. The lowest BCUT2D eigenvalue weighted by atomic mass is 10.1. The molecule has 0 bridgehead atoms. The molecule has 1 aliphatic heterocycles. The average Bonchev–Trinajstić information content (AvgIpc) is 3.17. The summed E-state index contributed by atoms with van der Waals surface area (Å²) in [7, 11) is 0. The Hall–Kier alpha value is -2.64. The minimum atomic E-state index is -0.247. The van der Waals surface area contributed by atoms with Gasteiger partial charge < -0.3 is 5.32 Å². The molecule has 0 saturated carbocycles. The molecule has 4 rings (SSSR count). The van der Waals surface area contributed by atoms with E-state index in [9.17, 15) is 9.59 Å². The van der Waals surface area contributed by atoms with Crippen molar-refractivity contribution < 1.29 is 9.59 Å². The zero-order valence-corrected chi connectivity index (χ0v) is 17.1. The van der Waals surface area contributed by atoms with Crippen LogP contribution < -0.4 is 10.6 Å². The van der Waals surface area contributed by atoms with E-state index in [4.69, 9.17) is 0 Å². The van der Waals surface area contributed by atoms with Crippen molar-refractivity contribution in [2.45, 2.75) is 30.4 Å². The highest BCUT2D eigenvalue weighted by Crippen LogP contribution is 2.36. The highest BCUT2D eigenvalue weighted by molar-refractivity contribution is 8.00. The first kappa shape index (κ1) is 18.7. The zero-order chi connectivity index (χ0) is 19.7. The van der Waals surface area contributed by atoms with Crippen LogP contribution in [0.3, 0.4) is 0 Å². The normalized spacial score (nSPS) is 15.6. The van der Waals surface area contributed by atoms with Crippen LogP contribution >= 0.6 is 23.1 Å². The lowest BCUT2D eigenvalue weighted by Crippen LogP contribution is -2.26. The monoisotopic (exact) mass is 409 g/mol. The number of aryl methyl sites for hydroxylation is 1. The molecule has 1 unspecified atom stereocenters. The molecule has 0 radical (unpaired) electrons. The van der Waals surface area contributed by atoms with Gasteiger partial charge in [0.05, 0.1) is 16.6 Å². The van der Waals surface area contributed by atoms with E-state index in [1.165, 1.54) is 28.7 Å². The number of fused-ring (bicyclic) bond motifs is 1. The van der Waals surface area contributed by atoms with Crippen molar-refractivity contribution in [2.75, 3.05) is 10.6 Å². The van der Waals surface area contributed by atoms with Gasteiger partial charge in [-0.2, -0.15) is 0 Å². The van der Waals surface area contributed by atoms with Gasteiger partial charge in [0.1, 0.15) is 0 Å². The first-order chi connectivity index (χ1) is 13.5. The van der Waals surface area contributed by atoms with Gasteiger partial charge in [0.2, 0.25) is 5.91 Å². The smallest absolute Gasteiger partial charge is 0.257 e. The van der Waals surface area contributed by atoms with E-state index in [2.05, 4.69) is 34.7 Å². The molecule has 0 spiro atoms. The molecule has 28 heavy (non-hydrogen) atoms. The molecule has 0 saturated heterocycles. The van der Waals surface area contributed by atoms with Gasteiger partial charge >= 0.3 is 0 Å². The first-order valence-electron chi connectivity index (χ1n) is 9.01. The van der Waals surface area contributed by atoms with Crippen molar-refractivity contribution in [1.82, 2.24) is 4.98 Å². The molecule has 2 amide bonds. The zero-order valence-electron chi connectivity index (χ0n) is 15.5. The third-order valence-corrected chi connectivity index (χ3v) is 6.49. The van der Waals surface area contributed by atoms with Gasteiger partial charge in [0, 0.05) is 21.4 Å². The molecule has 1 aliphatic rings. The lowest BCUT2D eigenvalue weighted by molar-refractivity contribution is -0.115. The summed E-state index contributed by atoms with van der Waals surface area (Å²) in [5, 5.41) is 8.04. The fourth-order valence-corrected chi connectivity index (χ4v) is 4.54. The summed E-state index contributed by atoms with van der Waals surface area (Å²) >= 11 is 2.88. The van der Waals surface area contributed by atoms with Crippen molar-refractivity contribution in [3.8, 4) is 11.3 Å². The Balaban J connectivity index is 1.49. The van der Waals surface area contributed by atoms with Crippen molar-refractivity contribution in [3.63, 3.8) is 0 Å². The number of aromatic nitrogens is 1. The third kappa shape index (κ3) is 3.81. The lowest BCUT2D eigenvalue weighted by Gasteiger charge is -2.21. The Morgan fingerprint density at radius 2 is 2.00 bits per heavy atom. The van der Waals surface area contributed by atoms with Crippen molar-refractivity contribution >= 4 is 45.7 Å². The molecule has 5 nitrogen and oxygen atoms in total. The predicted molar refractivity (Wildman–Crippen MR) is 115 cm³/mol. The van der Waals surface area contributed by atoms with Crippen LogP contribution in [0.15, 0.2) is 52.7 Å². The second-order valence-electron chi connectivity index (χ2n) is 6.50. The second kappa shape index (κ2) is 7.77. The maximum atomic E-state index is 12.6. The molecule has 3 aromatic rings. The van der Waals surface area contributed by atoms with Crippen molar-refractivity contribution in [3.05, 3.63) is 59.0 Å². The summed E-state index contributed by atoms with van der Waals surface area (Å²) < 4.78 is 0. The van der Waals surface area contributed by atoms with Gasteiger partial charge in [-0.05, 0) is 37.1 Å². The number of carbonyl (C=O) groups excluding carboxylic acids is 2. The number of benzene rings is 2. The van der Waals surface area contributed by atoms with Crippen LogP contribution in [0.2, 0.25) is 0 Å². The van der Waals surface area contributed by atoms with Crippen LogP contribution in [-0.4, -0.2) is 22.0 Å². The summed E-state index contributed by atoms with van der Waals surface area (Å²) in [6, 6.07) is 13.6. The molecule has 7 heteroatoms. The first-order valence-corrected chi connectivity index (χ1v) is 10.8. The van der Waals surface area contributed by atoms with Crippen molar-refractivity contribution in [1.29, 1.82) is 0 Å². The van der Waals surface area contributed by atoms with Gasteiger partial charge in [-0.3, -0.25) is 14.9 Å². The van der Waals surface area contributed by atoms with E-state index in [0.29, 0.717) is 16.4 Å². The standard InChI is InChI=1S/C21H19N3O2S2/c1-3-13-4-6-14(7-5-13)17-11-27-21(23-17)24-20(26)15-8-9-18-16(10-15)22-19(25)12(2)28-18/h4-12H,3H2,1-2H3,(H,22,25)(H,23,24,26). The minimum absolute atomic E-state index is 0.0475. The van der Waals surface area contributed by atoms with E-state index in [-0.39, 0.29) is 17.1 Å². The SMILES string of the molecule is CCc1ccc(-c2csc(NC(=O)c3ccc4c(c3)NC(=O)C(C)S4)n2)cc1. The molecule has 2 N–H and O–H groups in total. The van der Waals surface area contributed by atoms with E-state index in [0.717, 1.165) is 22.6 Å². The Morgan fingerprint density at radius 3 is 2.75 bits per heavy atom. The molecule has 1 aromatic heterocycles. The van der Waals surface area contributed by atoms with Gasteiger partial charge in [0.25, 0.3) is 5.91 Å². The fraction of sp³-hybridized carbons (Fsp3) is 0.190. The maximum Gasteiger partial charge on any atom is 0.257 e. The van der Waals surface area contributed by atoms with Crippen LogP contribution in [0.1, 0.15) is 29.8 Å². The van der Waals surface area contributed by atoms with Gasteiger partial charge in [-0.25, -0.2) is 4.98 Å². The van der Waals surface area contributed by atoms with Crippen LogP contribution in [0.5, 0.6) is 0 Å². The van der Waals surface area contributed by atoms with E-state index < -0.39 is 0 Å². The highest BCUT2D eigenvalue weighted by Gasteiger charge is 2.24. The predicted octanol–water partition coefficient (Wildman–Crippen LogP) is 5.06. The van der Waals surface area contributed by atoms with Crippen LogP contribution in [0, 0.1) is 0 Å². The van der Waals surface area contributed by atoms with Crippen LogP contribution in [-0.2, 0) is 11.2 Å². The number of anilines is 2. The number of rotatable bonds is 4. The molecule has 0 aliphatic carbocycles. The molecule has 1 atom stereocenters. The molecular weight excluding hydrogens is 390 g/mol. The topological polar surface area (TPSA) is 71.1 Å². The number of hydrogen-bond donors (Lipinski definition) is 2. The maximum absolute atomic E-state index is 12.6. The molecule has 2 aromatic carbocycles. The summed E-state index contributed by atoms with van der Waals surface area (Å²) in [6.07, 6.45) is 0.997. The Morgan fingerprint density at radius 1 is 1.21 bits per heavy atom. The molecule has 142 valence electrons. The summed E-state index contributed by atoms with van der Waals surface area (Å²) in [5.74, 6) is -0.295. The van der Waals surface area contributed by atoms with Crippen molar-refractivity contribution in [2.24, 2.45) is 0 Å². The largest absolute Gasteiger partial charge is 0.324 e. The van der Waals surface area contributed by atoms with Gasteiger partial charge in [-0.1, -0.05) is 31.2 Å². The quantitative estimate of drug-likeness (QED) is 0.632. The van der Waals surface area contributed by atoms with Gasteiger partial charge in [0.15, 0.2) is 5.13 Å². The minimum Gasteiger partial charge on any atom is -0.324 e. The molecule has 0 fully saturated rings. The number of thioether (sulfide) groups is 1. The number of carbonyl (C=O) groups is 2. The van der Waals surface area contributed by atoms with E-state index in [1.54, 1.807) is 12.1 Å². The fourth-order valence-electron chi connectivity index (χ4n) is 2.89. The number of hydrogen-bond acceptors (Lipinski definition) is 5. The molecular formula is C21H19N3O2S2. The third-order valence-electron chi connectivity index (χ3n) is 4.56. The number of nitrogens with zero attached hydrogens (tertiary/aromatic N) is 1. The number of amides is 2. The molecule has 2 heterocycles. The van der Waals surface area contributed by atoms with E-state index >= 15 is 0 Å². The van der Waals surface area contributed by atoms with E-state index in [1.807, 2.05) is 30.5 Å². The Labute approximate surface area is 171 Å². The Kier molecular flexibility index (Phi) is 5.19. The Bertz CT molecular complexity index is 1040. The summed E-state index contributed by atoms with van der Waals surface area (Å²) in [4.78, 5) is 30.0. The van der Waals surface area contributed by atoms with Crippen LogP contribution in [0.25, 0.3) is 11.3 Å².